The lowest BCUT2D eigenvalue weighted by atomic mass is 10.1. The predicted molar refractivity (Wildman–Crippen MR) is 94.5 cm³/mol. The molecule has 2 aromatic rings. The highest BCUT2D eigenvalue weighted by molar-refractivity contribution is 5.83. The number of carbonyl (C=O) groups excluding carboxylic acids is 1. The number of aromatic nitrogens is 1. The molecule has 3 rings (SSSR count). The minimum atomic E-state index is 0.313. The van der Waals surface area contributed by atoms with Crippen LogP contribution >= 0.6 is 0 Å². The molecular formula is C19H27N3O. The summed E-state index contributed by atoms with van der Waals surface area (Å²) in [6.45, 7) is 8.21. The van der Waals surface area contributed by atoms with E-state index in [-0.39, 0.29) is 0 Å². The number of H-pyrrole nitrogens is 1. The first-order chi connectivity index (χ1) is 11.1. The lowest BCUT2D eigenvalue weighted by Crippen LogP contribution is -2.50. The van der Waals surface area contributed by atoms with Crippen LogP contribution in [0.5, 0.6) is 0 Å². The zero-order valence-electron chi connectivity index (χ0n) is 14.2. The van der Waals surface area contributed by atoms with Gasteiger partial charge in [0.1, 0.15) is 0 Å². The largest absolute Gasteiger partial charge is 0.361 e. The van der Waals surface area contributed by atoms with Gasteiger partial charge in [-0.15, -0.1) is 0 Å². The SMILES string of the molecule is CC(C)N1CCN(C(=O)CCCc2c[nH]c3ccccc23)CC1. The summed E-state index contributed by atoms with van der Waals surface area (Å²) in [5.41, 5.74) is 2.50. The van der Waals surface area contributed by atoms with Gasteiger partial charge in [-0.2, -0.15) is 0 Å². The van der Waals surface area contributed by atoms with Crippen LogP contribution in [0.3, 0.4) is 0 Å². The van der Waals surface area contributed by atoms with Crippen LogP contribution in [-0.4, -0.2) is 52.9 Å². The summed E-state index contributed by atoms with van der Waals surface area (Å²) < 4.78 is 0. The lowest BCUT2D eigenvalue weighted by molar-refractivity contribution is -0.133. The van der Waals surface area contributed by atoms with Crippen molar-refractivity contribution in [1.29, 1.82) is 0 Å². The smallest absolute Gasteiger partial charge is 0.222 e. The molecule has 2 heterocycles. The highest BCUT2D eigenvalue weighted by Crippen LogP contribution is 2.19. The van der Waals surface area contributed by atoms with E-state index in [1.165, 1.54) is 16.5 Å². The molecule has 0 atom stereocenters. The number of carbonyl (C=O) groups is 1. The average molecular weight is 313 g/mol. The quantitative estimate of drug-likeness (QED) is 0.921. The fourth-order valence-corrected chi connectivity index (χ4v) is 3.41. The third-order valence-corrected chi connectivity index (χ3v) is 4.91. The molecule has 1 aliphatic rings. The fourth-order valence-electron chi connectivity index (χ4n) is 3.41. The number of aromatic amines is 1. The van der Waals surface area contributed by atoms with Crippen LogP contribution in [0.2, 0.25) is 0 Å². The topological polar surface area (TPSA) is 39.3 Å². The number of nitrogens with one attached hydrogen (secondary N) is 1. The van der Waals surface area contributed by atoms with E-state index in [4.69, 9.17) is 0 Å². The number of amides is 1. The van der Waals surface area contributed by atoms with E-state index >= 15 is 0 Å². The summed E-state index contributed by atoms with van der Waals surface area (Å²) in [6.07, 6.45) is 4.62. The van der Waals surface area contributed by atoms with Crippen molar-refractivity contribution < 1.29 is 4.79 Å². The second-order valence-corrected chi connectivity index (χ2v) is 6.72. The summed E-state index contributed by atoms with van der Waals surface area (Å²) in [5, 5.41) is 1.28. The Bertz CT molecular complexity index is 653. The van der Waals surface area contributed by atoms with Crippen molar-refractivity contribution in [2.45, 2.75) is 39.2 Å². The van der Waals surface area contributed by atoms with Crippen molar-refractivity contribution in [2.24, 2.45) is 0 Å². The maximum absolute atomic E-state index is 12.4. The van der Waals surface area contributed by atoms with Crippen molar-refractivity contribution in [3.63, 3.8) is 0 Å². The zero-order valence-corrected chi connectivity index (χ0v) is 14.2. The van der Waals surface area contributed by atoms with Crippen LogP contribution in [0.4, 0.5) is 0 Å². The van der Waals surface area contributed by atoms with E-state index in [0.717, 1.165) is 39.0 Å². The molecule has 0 unspecified atom stereocenters. The van der Waals surface area contributed by atoms with Crippen LogP contribution < -0.4 is 0 Å². The van der Waals surface area contributed by atoms with E-state index in [1.54, 1.807) is 0 Å². The molecule has 4 nitrogen and oxygen atoms in total. The van der Waals surface area contributed by atoms with Crippen LogP contribution in [0, 0.1) is 0 Å². The monoisotopic (exact) mass is 313 g/mol. The van der Waals surface area contributed by atoms with Crippen molar-refractivity contribution in [2.75, 3.05) is 26.2 Å². The highest BCUT2D eigenvalue weighted by atomic mass is 16.2. The van der Waals surface area contributed by atoms with Gasteiger partial charge in [-0.25, -0.2) is 0 Å². The molecular weight excluding hydrogens is 286 g/mol. The van der Waals surface area contributed by atoms with Gasteiger partial charge >= 0.3 is 0 Å². The number of piperazine rings is 1. The zero-order chi connectivity index (χ0) is 16.2. The van der Waals surface area contributed by atoms with Gasteiger partial charge in [-0.3, -0.25) is 9.69 Å². The standard InChI is InChI=1S/C19H27N3O/c1-15(2)21-10-12-22(13-11-21)19(23)9-5-6-16-14-20-18-8-4-3-7-17(16)18/h3-4,7-8,14-15,20H,5-6,9-13H2,1-2H3. The van der Waals surface area contributed by atoms with Gasteiger partial charge in [0.25, 0.3) is 0 Å². The summed E-state index contributed by atoms with van der Waals surface area (Å²) in [4.78, 5) is 20.1. The van der Waals surface area contributed by atoms with Gasteiger partial charge in [0.15, 0.2) is 0 Å². The summed E-state index contributed by atoms with van der Waals surface area (Å²) in [6, 6.07) is 8.93. The fraction of sp³-hybridized carbons (Fsp3) is 0.526. The third kappa shape index (κ3) is 3.75. The van der Waals surface area contributed by atoms with Gasteiger partial charge in [0.05, 0.1) is 0 Å². The lowest BCUT2D eigenvalue weighted by Gasteiger charge is -2.37. The molecule has 0 bridgehead atoms. The van der Waals surface area contributed by atoms with Crippen molar-refractivity contribution in [1.82, 2.24) is 14.8 Å². The predicted octanol–water partition coefficient (Wildman–Crippen LogP) is 3.04. The second kappa shape index (κ2) is 7.18. The van der Waals surface area contributed by atoms with Crippen molar-refractivity contribution in [3.05, 3.63) is 36.0 Å². The first-order valence-corrected chi connectivity index (χ1v) is 8.72. The van der Waals surface area contributed by atoms with Crippen LogP contribution in [0.15, 0.2) is 30.5 Å². The maximum atomic E-state index is 12.4. The number of fused-ring (bicyclic) bond motifs is 1. The molecule has 0 aliphatic carbocycles. The molecule has 0 saturated carbocycles. The Hall–Kier alpha value is -1.81. The molecule has 1 aromatic carbocycles. The van der Waals surface area contributed by atoms with Crippen molar-refractivity contribution >= 4 is 16.8 Å². The Labute approximate surface area is 138 Å². The number of hydrogen-bond donors (Lipinski definition) is 1. The molecule has 124 valence electrons. The molecule has 1 amide bonds. The molecule has 1 aromatic heterocycles. The van der Waals surface area contributed by atoms with E-state index in [0.29, 0.717) is 18.4 Å². The van der Waals surface area contributed by atoms with Gasteiger partial charge < -0.3 is 9.88 Å². The first-order valence-electron chi connectivity index (χ1n) is 8.72. The molecule has 4 heteroatoms. The van der Waals surface area contributed by atoms with Gasteiger partial charge in [0.2, 0.25) is 5.91 Å². The van der Waals surface area contributed by atoms with Gasteiger partial charge in [-0.05, 0) is 38.3 Å². The minimum absolute atomic E-state index is 0.313. The Morgan fingerprint density at radius 1 is 1.17 bits per heavy atom. The molecule has 1 fully saturated rings. The van der Waals surface area contributed by atoms with Crippen molar-refractivity contribution in [3.8, 4) is 0 Å². The maximum Gasteiger partial charge on any atom is 0.222 e. The van der Waals surface area contributed by atoms with E-state index < -0.39 is 0 Å². The van der Waals surface area contributed by atoms with Gasteiger partial charge in [-0.1, -0.05) is 18.2 Å². The Kier molecular flexibility index (Phi) is 5.01. The highest BCUT2D eigenvalue weighted by Gasteiger charge is 2.21. The third-order valence-electron chi connectivity index (χ3n) is 4.91. The molecule has 0 radical (unpaired) electrons. The van der Waals surface area contributed by atoms with Crippen LogP contribution in [-0.2, 0) is 11.2 Å². The minimum Gasteiger partial charge on any atom is -0.361 e. The Morgan fingerprint density at radius 3 is 2.65 bits per heavy atom. The second-order valence-electron chi connectivity index (χ2n) is 6.72. The molecule has 1 aliphatic heterocycles. The number of rotatable bonds is 5. The van der Waals surface area contributed by atoms with E-state index in [1.807, 2.05) is 11.0 Å². The van der Waals surface area contributed by atoms with Crippen LogP contribution in [0.25, 0.3) is 10.9 Å². The number of nitrogens with zero attached hydrogens (tertiary/aromatic N) is 2. The van der Waals surface area contributed by atoms with E-state index in [9.17, 15) is 4.79 Å². The molecule has 0 spiro atoms. The normalized spacial score (nSPS) is 16.4. The van der Waals surface area contributed by atoms with E-state index in [2.05, 4.69) is 48.1 Å². The first kappa shape index (κ1) is 16.1. The Morgan fingerprint density at radius 2 is 1.91 bits per heavy atom. The number of hydrogen-bond acceptors (Lipinski definition) is 2. The summed E-state index contributed by atoms with van der Waals surface area (Å²) in [7, 11) is 0. The number of aryl methyl sites for hydroxylation is 1. The number of benzene rings is 1. The molecule has 1 N–H and O–H groups in total. The van der Waals surface area contributed by atoms with Crippen LogP contribution in [0.1, 0.15) is 32.3 Å². The summed E-state index contributed by atoms with van der Waals surface area (Å²) >= 11 is 0. The summed E-state index contributed by atoms with van der Waals surface area (Å²) in [5.74, 6) is 0.313. The molecule has 23 heavy (non-hydrogen) atoms. The molecule has 1 saturated heterocycles. The van der Waals surface area contributed by atoms with Gasteiger partial charge in [0, 0.05) is 55.7 Å². The Balaban J connectivity index is 1.46. The average Bonchev–Trinajstić information content (AvgIpc) is 2.98. The number of para-hydroxylation sites is 1.